The number of nitrogens with zero attached hydrogens (tertiary/aromatic N) is 3. The first-order chi connectivity index (χ1) is 18.4. The Bertz CT molecular complexity index is 1830. The van der Waals surface area contributed by atoms with E-state index < -0.39 is 12.0 Å². The molecule has 5 rings (SSSR count). The molecule has 7 nitrogen and oxygen atoms in total. The van der Waals surface area contributed by atoms with Gasteiger partial charge in [-0.25, -0.2) is 9.79 Å². The lowest BCUT2D eigenvalue weighted by Crippen LogP contribution is -2.40. The number of esters is 1. The van der Waals surface area contributed by atoms with Crippen molar-refractivity contribution in [3.8, 4) is 11.8 Å². The molecular weight excluding hydrogens is 522 g/mol. The topological polar surface area (TPSA) is 93.7 Å². The van der Waals surface area contributed by atoms with Gasteiger partial charge in [-0.3, -0.25) is 9.36 Å². The first kappa shape index (κ1) is 25.5. The number of thiazole rings is 1. The zero-order chi connectivity index (χ0) is 26.8. The fourth-order valence-corrected chi connectivity index (χ4v) is 5.84. The summed E-state index contributed by atoms with van der Waals surface area (Å²) in [5, 5.41) is 11.3. The van der Waals surface area contributed by atoms with Crippen molar-refractivity contribution < 1.29 is 14.3 Å². The van der Waals surface area contributed by atoms with Crippen molar-refractivity contribution in [1.82, 2.24) is 4.57 Å². The molecule has 1 aromatic heterocycles. The molecule has 3 aromatic carbocycles. The largest absolute Gasteiger partial charge is 0.478 e. The number of carbonyl (C=O) groups is 1. The summed E-state index contributed by atoms with van der Waals surface area (Å²) in [4.78, 5) is 32.1. The molecule has 0 N–H and O–H groups in total. The average molecular weight is 544 g/mol. The van der Waals surface area contributed by atoms with Gasteiger partial charge in [0.1, 0.15) is 17.9 Å². The van der Waals surface area contributed by atoms with Crippen LogP contribution < -0.4 is 19.6 Å². The van der Waals surface area contributed by atoms with Crippen LogP contribution in [0.3, 0.4) is 0 Å². The highest BCUT2D eigenvalue weighted by Gasteiger charge is 2.34. The molecule has 0 amide bonds. The predicted octanol–water partition coefficient (Wildman–Crippen LogP) is 4.51. The van der Waals surface area contributed by atoms with Crippen LogP contribution in [0.2, 0.25) is 5.02 Å². The minimum absolute atomic E-state index is 0.130. The van der Waals surface area contributed by atoms with Gasteiger partial charge in [-0.15, -0.1) is 0 Å². The molecule has 190 valence electrons. The van der Waals surface area contributed by atoms with E-state index in [9.17, 15) is 9.59 Å². The van der Waals surface area contributed by atoms with Gasteiger partial charge in [0.05, 0.1) is 22.4 Å². The maximum atomic E-state index is 14.0. The maximum Gasteiger partial charge on any atom is 0.338 e. The first-order valence-electron chi connectivity index (χ1n) is 11.9. The molecule has 1 aliphatic rings. The molecule has 0 saturated carbocycles. The van der Waals surface area contributed by atoms with E-state index in [4.69, 9.17) is 26.3 Å². The number of benzene rings is 3. The van der Waals surface area contributed by atoms with Crippen LogP contribution in [0.4, 0.5) is 0 Å². The van der Waals surface area contributed by atoms with Crippen LogP contribution in [0.5, 0.6) is 5.75 Å². The number of hydrogen-bond acceptors (Lipinski definition) is 7. The zero-order valence-corrected chi connectivity index (χ0v) is 22.2. The van der Waals surface area contributed by atoms with Crippen molar-refractivity contribution in [3.63, 3.8) is 0 Å². The Labute approximate surface area is 227 Å². The molecule has 0 spiro atoms. The van der Waals surface area contributed by atoms with E-state index in [1.807, 2.05) is 42.5 Å². The molecule has 0 fully saturated rings. The number of allylic oxidation sites excluding steroid dienone is 1. The molecule has 1 atom stereocenters. The monoisotopic (exact) mass is 543 g/mol. The Balaban J connectivity index is 1.79. The van der Waals surface area contributed by atoms with E-state index in [2.05, 4.69) is 4.99 Å². The summed E-state index contributed by atoms with van der Waals surface area (Å²) in [6.07, 6.45) is 1.76. The van der Waals surface area contributed by atoms with E-state index in [1.165, 1.54) is 15.9 Å². The molecule has 4 aromatic rings. The van der Waals surface area contributed by atoms with Gasteiger partial charge in [0.2, 0.25) is 0 Å². The van der Waals surface area contributed by atoms with E-state index >= 15 is 0 Å². The molecule has 0 radical (unpaired) electrons. The summed E-state index contributed by atoms with van der Waals surface area (Å²) in [6, 6.07) is 19.7. The fourth-order valence-electron chi connectivity index (χ4n) is 4.57. The molecule has 38 heavy (non-hydrogen) atoms. The molecule has 0 bridgehead atoms. The maximum absolute atomic E-state index is 14.0. The second kappa shape index (κ2) is 10.7. The molecule has 0 unspecified atom stereocenters. The molecular formula is C29H22ClN3O4S. The second-order valence-corrected chi connectivity index (χ2v) is 9.89. The lowest BCUT2D eigenvalue weighted by atomic mass is 9.96. The average Bonchev–Trinajstić information content (AvgIpc) is 3.22. The molecule has 2 heterocycles. The standard InChI is InChI=1S/C29H22ClN3O4S/c1-3-36-28(35)25-17(2)32-29-33(26(25)20-10-6-7-11-22(20)30)27(34)24(38-29)16-21-19-9-5-4-8-18(19)12-13-23(21)37-15-14-31/h4-13,16,26H,3,15H2,1-2H3/b24-16-/t26-/m1/s1. The van der Waals surface area contributed by atoms with E-state index in [-0.39, 0.29) is 24.3 Å². The van der Waals surface area contributed by atoms with Gasteiger partial charge < -0.3 is 9.47 Å². The first-order valence-corrected chi connectivity index (χ1v) is 13.1. The predicted molar refractivity (Wildman–Crippen MR) is 147 cm³/mol. The van der Waals surface area contributed by atoms with Gasteiger partial charge in [-0.05, 0) is 48.4 Å². The van der Waals surface area contributed by atoms with E-state index in [1.54, 1.807) is 44.2 Å². The van der Waals surface area contributed by atoms with Crippen molar-refractivity contribution in [2.75, 3.05) is 13.2 Å². The van der Waals surface area contributed by atoms with Gasteiger partial charge in [0.15, 0.2) is 11.4 Å². The summed E-state index contributed by atoms with van der Waals surface area (Å²) in [7, 11) is 0. The third-order valence-corrected chi connectivity index (χ3v) is 7.54. The van der Waals surface area contributed by atoms with Gasteiger partial charge in [0, 0.05) is 10.6 Å². The SMILES string of the molecule is CCOC(=O)C1=C(C)N=c2s/c(=C\c3c(OCC#N)ccc4ccccc34)c(=O)n2[C@@H]1c1ccccc1Cl. The van der Waals surface area contributed by atoms with Crippen molar-refractivity contribution in [2.24, 2.45) is 4.99 Å². The van der Waals surface area contributed by atoms with Crippen LogP contribution in [0, 0.1) is 11.3 Å². The Morgan fingerprint density at radius 2 is 1.95 bits per heavy atom. The van der Waals surface area contributed by atoms with Crippen LogP contribution in [-0.2, 0) is 9.53 Å². The van der Waals surface area contributed by atoms with Crippen LogP contribution in [-0.4, -0.2) is 23.8 Å². The van der Waals surface area contributed by atoms with Crippen molar-refractivity contribution in [1.29, 1.82) is 5.26 Å². The van der Waals surface area contributed by atoms with Gasteiger partial charge in [0.25, 0.3) is 5.56 Å². The summed E-state index contributed by atoms with van der Waals surface area (Å²) in [5.74, 6) is -0.0590. The van der Waals surface area contributed by atoms with Gasteiger partial charge >= 0.3 is 5.97 Å². The summed E-state index contributed by atoms with van der Waals surface area (Å²) >= 11 is 7.79. The number of halogens is 1. The molecule has 0 aliphatic carbocycles. The minimum Gasteiger partial charge on any atom is -0.478 e. The van der Waals surface area contributed by atoms with Crippen LogP contribution in [0.25, 0.3) is 16.8 Å². The number of fused-ring (bicyclic) bond motifs is 2. The Morgan fingerprint density at radius 3 is 2.71 bits per heavy atom. The summed E-state index contributed by atoms with van der Waals surface area (Å²) < 4.78 is 12.9. The number of nitriles is 1. The highest BCUT2D eigenvalue weighted by Crippen LogP contribution is 2.34. The molecule has 9 heteroatoms. The van der Waals surface area contributed by atoms with Crippen LogP contribution >= 0.6 is 22.9 Å². The van der Waals surface area contributed by atoms with Gasteiger partial charge in [-0.2, -0.15) is 5.26 Å². The quantitative estimate of drug-likeness (QED) is 0.334. The fraction of sp³-hybridized carbons (Fsp3) is 0.172. The highest BCUT2D eigenvalue weighted by molar-refractivity contribution is 7.07. The third-order valence-electron chi connectivity index (χ3n) is 6.22. The Kier molecular flexibility index (Phi) is 7.14. The number of ether oxygens (including phenoxy) is 2. The van der Waals surface area contributed by atoms with Crippen molar-refractivity contribution >= 4 is 45.8 Å². The highest BCUT2D eigenvalue weighted by atomic mass is 35.5. The second-order valence-electron chi connectivity index (χ2n) is 8.47. The van der Waals surface area contributed by atoms with Crippen LogP contribution in [0.1, 0.15) is 31.0 Å². The van der Waals surface area contributed by atoms with E-state index in [0.717, 1.165) is 10.8 Å². The van der Waals surface area contributed by atoms with Crippen molar-refractivity contribution in [2.45, 2.75) is 19.9 Å². The number of rotatable bonds is 6. The number of carbonyl (C=O) groups excluding carboxylic acids is 1. The lowest BCUT2D eigenvalue weighted by Gasteiger charge is -2.25. The molecule has 0 saturated heterocycles. The van der Waals surface area contributed by atoms with Gasteiger partial charge in [-0.1, -0.05) is 71.5 Å². The summed E-state index contributed by atoms with van der Waals surface area (Å²) in [5.41, 5.74) is 1.68. The normalized spacial score (nSPS) is 15.1. The van der Waals surface area contributed by atoms with Crippen LogP contribution in [0.15, 0.2) is 81.7 Å². The Morgan fingerprint density at radius 1 is 1.18 bits per heavy atom. The van der Waals surface area contributed by atoms with E-state index in [0.29, 0.717) is 36.9 Å². The Hall–Kier alpha value is -4.19. The smallest absolute Gasteiger partial charge is 0.338 e. The third kappa shape index (κ3) is 4.51. The molecule has 1 aliphatic heterocycles. The summed E-state index contributed by atoms with van der Waals surface area (Å²) in [6.45, 7) is 3.51. The minimum atomic E-state index is -0.803. The number of hydrogen-bond donors (Lipinski definition) is 0. The zero-order valence-electron chi connectivity index (χ0n) is 20.6. The lowest BCUT2D eigenvalue weighted by molar-refractivity contribution is -0.139. The number of aromatic nitrogens is 1. The van der Waals surface area contributed by atoms with Crippen molar-refractivity contribution in [3.05, 3.63) is 108 Å².